The number of benzene rings is 2. The van der Waals surface area contributed by atoms with Gasteiger partial charge in [-0.15, -0.1) is 0 Å². The van der Waals surface area contributed by atoms with E-state index < -0.39 is 17.6 Å². The van der Waals surface area contributed by atoms with Crippen LogP contribution in [-0.2, 0) is 25.7 Å². The lowest BCUT2D eigenvalue weighted by Gasteiger charge is -2.32. The number of nitrogens with zero attached hydrogens (tertiary/aromatic N) is 3. The fraction of sp³-hybridized carbons (Fsp3) is 0.435. The average molecular weight is 435 g/mol. The Hall–Kier alpha value is -2.48. The van der Waals surface area contributed by atoms with Gasteiger partial charge in [-0.05, 0) is 74.0 Å². The normalized spacial score (nSPS) is 18.1. The van der Waals surface area contributed by atoms with Crippen molar-refractivity contribution in [2.45, 2.75) is 50.9 Å². The third kappa shape index (κ3) is 3.82. The molecular formula is C23H22F5N3. The second-order valence-corrected chi connectivity index (χ2v) is 8.50. The van der Waals surface area contributed by atoms with E-state index in [1.54, 1.807) is 6.07 Å². The molecule has 0 spiro atoms. The monoisotopic (exact) mass is 435 g/mol. The Morgan fingerprint density at radius 1 is 1.00 bits per heavy atom. The number of likely N-dealkylation sites (tertiary alicyclic amines) is 1. The van der Waals surface area contributed by atoms with Crippen molar-refractivity contribution in [2.24, 2.45) is 0 Å². The van der Waals surface area contributed by atoms with Gasteiger partial charge in [0.2, 0.25) is 0 Å². The first kappa shape index (κ1) is 20.4. The van der Waals surface area contributed by atoms with Gasteiger partial charge in [0.05, 0.1) is 23.1 Å². The first-order valence-corrected chi connectivity index (χ1v) is 10.6. The van der Waals surface area contributed by atoms with Crippen molar-refractivity contribution < 1.29 is 22.0 Å². The highest BCUT2D eigenvalue weighted by Crippen LogP contribution is 2.36. The molecule has 1 aromatic heterocycles. The molecule has 3 heterocycles. The first-order valence-electron chi connectivity index (χ1n) is 10.6. The van der Waals surface area contributed by atoms with E-state index in [0.717, 1.165) is 48.4 Å². The van der Waals surface area contributed by atoms with Crippen molar-refractivity contribution in [3.05, 3.63) is 64.5 Å². The summed E-state index contributed by atoms with van der Waals surface area (Å²) in [5, 5.41) is 0. The van der Waals surface area contributed by atoms with Gasteiger partial charge in [-0.2, -0.15) is 13.2 Å². The Morgan fingerprint density at radius 3 is 2.52 bits per heavy atom. The van der Waals surface area contributed by atoms with Crippen LogP contribution in [0.1, 0.15) is 47.7 Å². The number of hydrogen-bond acceptors (Lipinski definition) is 2. The van der Waals surface area contributed by atoms with E-state index in [-0.39, 0.29) is 11.7 Å². The van der Waals surface area contributed by atoms with Crippen molar-refractivity contribution >= 4 is 11.0 Å². The summed E-state index contributed by atoms with van der Waals surface area (Å²) >= 11 is 0. The van der Waals surface area contributed by atoms with Crippen molar-refractivity contribution in [1.82, 2.24) is 14.5 Å². The molecule has 2 aromatic carbocycles. The zero-order valence-corrected chi connectivity index (χ0v) is 16.9. The van der Waals surface area contributed by atoms with Crippen LogP contribution in [0.3, 0.4) is 0 Å². The highest BCUT2D eigenvalue weighted by atomic mass is 19.4. The van der Waals surface area contributed by atoms with Crippen LogP contribution in [0, 0.1) is 11.6 Å². The predicted molar refractivity (Wildman–Crippen MR) is 107 cm³/mol. The van der Waals surface area contributed by atoms with E-state index in [2.05, 4.69) is 14.5 Å². The molecule has 0 N–H and O–H groups in total. The minimum atomic E-state index is -4.69. The van der Waals surface area contributed by atoms with Crippen LogP contribution < -0.4 is 0 Å². The Balaban J connectivity index is 1.31. The Morgan fingerprint density at radius 2 is 1.77 bits per heavy atom. The molecule has 0 unspecified atom stereocenters. The maximum atomic E-state index is 13.9. The van der Waals surface area contributed by atoms with Gasteiger partial charge in [0.25, 0.3) is 0 Å². The summed E-state index contributed by atoms with van der Waals surface area (Å²) in [6, 6.07) is 6.40. The van der Waals surface area contributed by atoms with Gasteiger partial charge in [-0.3, -0.25) is 4.90 Å². The number of imidazole rings is 1. The highest BCUT2D eigenvalue weighted by molar-refractivity contribution is 5.80. The number of piperidine rings is 1. The molecule has 2 aliphatic rings. The van der Waals surface area contributed by atoms with Crippen LogP contribution in [0.5, 0.6) is 0 Å². The third-order valence-electron chi connectivity index (χ3n) is 6.51. The van der Waals surface area contributed by atoms with Gasteiger partial charge in [0, 0.05) is 12.6 Å². The van der Waals surface area contributed by atoms with Gasteiger partial charge < -0.3 is 4.57 Å². The Bertz CT molecular complexity index is 1130. The molecule has 0 radical (unpaired) electrons. The van der Waals surface area contributed by atoms with Gasteiger partial charge in [-0.1, -0.05) is 6.07 Å². The third-order valence-corrected chi connectivity index (χ3v) is 6.51. The maximum Gasteiger partial charge on any atom is 0.419 e. The molecule has 0 aliphatic carbocycles. The predicted octanol–water partition coefficient (Wildman–Crippen LogP) is 5.66. The fourth-order valence-corrected chi connectivity index (χ4v) is 4.98. The average Bonchev–Trinajstić information content (AvgIpc) is 3.06. The molecule has 3 aromatic rings. The van der Waals surface area contributed by atoms with E-state index in [1.165, 1.54) is 12.1 Å². The smallest absolute Gasteiger partial charge is 0.327 e. The molecule has 8 heteroatoms. The maximum absolute atomic E-state index is 13.9. The first-order chi connectivity index (χ1) is 14.8. The fourth-order valence-electron chi connectivity index (χ4n) is 4.98. The molecule has 0 atom stereocenters. The van der Waals surface area contributed by atoms with Crippen LogP contribution in [0.4, 0.5) is 22.0 Å². The van der Waals surface area contributed by atoms with Gasteiger partial charge in [0.15, 0.2) is 0 Å². The number of aryl methyl sites for hydroxylation is 2. The van der Waals surface area contributed by atoms with E-state index >= 15 is 0 Å². The molecule has 5 rings (SSSR count). The summed E-state index contributed by atoms with van der Waals surface area (Å²) in [4.78, 5) is 6.92. The largest absolute Gasteiger partial charge is 0.419 e. The number of aromatic nitrogens is 2. The molecule has 31 heavy (non-hydrogen) atoms. The molecular weight excluding hydrogens is 413 g/mol. The lowest BCUT2D eigenvalue weighted by atomic mass is 9.88. The molecule has 1 saturated heterocycles. The van der Waals surface area contributed by atoms with Crippen molar-refractivity contribution in [1.29, 1.82) is 0 Å². The lowest BCUT2D eigenvalue weighted by Crippen LogP contribution is -2.33. The van der Waals surface area contributed by atoms with Gasteiger partial charge >= 0.3 is 6.18 Å². The van der Waals surface area contributed by atoms with Crippen LogP contribution in [-0.4, -0.2) is 27.5 Å². The van der Waals surface area contributed by atoms with E-state index in [1.807, 2.05) is 0 Å². The SMILES string of the molecule is Fc1cc2c3c(c1)nc(CN1CCC(c4ccc(F)c(C(F)(F)F)c4)CC1)n3CCC2. The minimum absolute atomic E-state index is 0.0312. The van der Waals surface area contributed by atoms with Crippen LogP contribution in [0.2, 0.25) is 0 Å². The summed E-state index contributed by atoms with van der Waals surface area (Å²) in [5.41, 5.74) is 2.04. The standard InChI is InChI=1S/C23H22F5N3/c24-17-10-16-2-1-7-31-21(29-20(12-17)22(16)31)13-30-8-5-14(6-9-30)15-3-4-19(25)18(11-15)23(26,27)28/h3-4,10-12,14H,1-2,5-9,13H2. The van der Waals surface area contributed by atoms with Gasteiger partial charge in [0.1, 0.15) is 17.5 Å². The second-order valence-electron chi connectivity index (χ2n) is 8.50. The van der Waals surface area contributed by atoms with Crippen LogP contribution in [0.25, 0.3) is 11.0 Å². The van der Waals surface area contributed by atoms with Crippen molar-refractivity contribution in [3.63, 3.8) is 0 Å². The van der Waals surface area contributed by atoms with E-state index in [0.29, 0.717) is 43.6 Å². The molecule has 2 aliphatic heterocycles. The van der Waals surface area contributed by atoms with E-state index in [9.17, 15) is 22.0 Å². The molecule has 1 fully saturated rings. The molecule has 164 valence electrons. The molecule has 0 bridgehead atoms. The summed E-state index contributed by atoms with van der Waals surface area (Å²) in [6.45, 7) is 2.91. The zero-order valence-electron chi connectivity index (χ0n) is 16.9. The zero-order chi connectivity index (χ0) is 21.8. The van der Waals surface area contributed by atoms with Crippen molar-refractivity contribution in [2.75, 3.05) is 13.1 Å². The van der Waals surface area contributed by atoms with E-state index in [4.69, 9.17) is 0 Å². The Kier molecular flexibility index (Phi) is 5.00. The number of alkyl halides is 3. The van der Waals surface area contributed by atoms with Gasteiger partial charge in [-0.25, -0.2) is 13.8 Å². The van der Waals surface area contributed by atoms with Crippen LogP contribution >= 0.6 is 0 Å². The summed E-state index contributed by atoms with van der Waals surface area (Å²) in [6.07, 6.45) is -1.50. The topological polar surface area (TPSA) is 21.1 Å². The number of halogens is 5. The van der Waals surface area contributed by atoms with Crippen molar-refractivity contribution in [3.8, 4) is 0 Å². The number of rotatable bonds is 3. The summed E-state index contributed by atoms with van der Waals surface area (Å²) in [5.74, 6) is -0.624. The minimum Gasteiger partial charge on any atom is -0.327 e. The lowest BCUT2D eigenvalue weighted by molar-refractivity contribution is -0.140. The summed E-state index contributed by atoms with van der Waals surface area (Å²) < 4.78 is 68.8. The Labute approximate surface area is 176 Å². The second kappa shape index (κ2) is 7.58. The number of hydrogen-bond donors (Lipinski definition) is 0. The quantitative estimate of drug-likeness (QED) is 0.495. The molecule has 3 nitrogen and oxygen atoms in total. The molecule has 0 amide bonds. The van der Waals surface area contributed by atoms with Crippen LogP contribution in [0.15, 0.2) is 30.3 Å². The summed E-state index contributed by atoms with van der Waals surface area (Å²) in [7, 11) is 0. The molecule has 0 saturated carbocycles. The highest BCUT2D eigenvalue weighted by Gasteiger charge is 2.35.